The van der Waals surface area contributed by atoms with Gasteiger partial charge in [0.25, 0.3) is 0 Å². The van der Waals surface area contributed by atoms with Crippen LogP contribution in [-0.4, -0.2) is 28.9 Å². The Kier molecular flexibility index (Phi) is 5.64. The van der Waals surface area contributed by atoms with Gasteiger partial charge in [-0.1, -0.05) is 12.1 Å². The van der Waals surface area contributed by atoms with Crippen LogP contribution >= 0.6 is 11.3 Å². The average molecular weight is 342 g/mol. The van der Waals surface area contributed by atoms with Gasteiger partial charge in [0.15, 0.2) is 0 Å². The molecule has 4 nitrogen and oxygen atoms in total. The number of carbonyl (C=O) groups is 1. The minimum absolute atomic E-state index is 0.0963. The van der Waals surface area contributed by atoms with Gasteiger partial charge in [-0.05, 0) is 50.0 Å². The highest BCUT2D eigenvalue weighted by Gasteiger charge is 2.13. The molecule has 0 unspecified atom stereocenters. The number of hydrogen-bond acceptors (Lipinski definition) is 4. The van der Waals surface area contributed by atoms with Crippen molar-refractivity contribution in [1.82, 2.24) is 9.88 Å². The van der Waals surface area contributed by atoms with Crippen LogP contribution in [0.15, 0.2) is 35.7 Å². The standard InChI is InChI=1S/C19H22N2O2S/c1-15-20-17(14-24-15)13-23-18-7-5-6-16(12-18)8-9-19(22)21-10-3-2-4-11-21/h5-9,12,14H,2-4,10-11,13H2,1H3/b9-8+. The Hall–Kier alpha value is -2.14. The fraction of sp³-hybridized carbons (Fsp3) is 0.368. The molecule has 1 aromatic carbocycles. The van der Waals surface area contributed by atoms with Gasteiger partial charge < -0.3 is 9.64 Å². The number of rotatable bonds is 5. The maximum atomic E-state index is 12.2. The number of likely N-dealkylation sites (tertiary alicyclic amines) is 1. The summed E-state index contributed by atoms with van der Waals surface area (Å²) < 4.78 is 5.78. The summed E-state index contributed by atoms with van der Waals surface area (Å²) in [6.07, 6.45) is 6.97. The Morgan fingerprint density at radius 3 is 2.92 bits per heavy atom. The Labute approximate surface area is 146 Å². The lowest BCUT2D eigenvalue weighted by Gasteiger charge is -2.25. The molecular weight excluding hydrogens is 320 g/mol. The van der Waals surface area contributed by atoms with E-state index >= 15 is 0 Å². The minimum atomic E-state index is 0.0963. The highest BCUT2D eigenvalue weighted by atomic mass is 32.1. The van der Waals surface area contributed by atoms with Crippen LogP contribution in [0.5, 0.6) is 5.75 Å². The number of piperidine rings is 1. The summed E-state index contributed by atoms with van der Waals surface area (Å²) >= 11 is 1.62. The van der Waals surface area contributed by atoms with Crippen LogP contribution in [-0.2, 0) is 11.4 Å². The van der Waals surface area contributed by atoms with E-state index in [9.17, 15) is 4.79 Å². The van der Waals surface area contributed by atoms with Crippen molar-refractivity contribution in [3.63, 3.8) is 0 Å². The first-order valence-corrected chi connectivity index (χ1v) is 9.19. The lowest BCUT2D eigenvalue weighted by molar-refractivity contribution is -0.126. The first kappa shape index (κ1) is 16.7. The monoisotopic (exact) mass is 342 g/mol. The molecule has 0 bridgehead atoms. The third-order valence-electron chi connectivity index (χ3n) is 4.00. The zero-order chi connectivity index (χ0) is 16.8. The normalized spacial score (nSPS) is 15.0. The van der Waals surface area contributed by atoms with Gasteiger partial charge in [-0.3, -0.25) is 4.79 Å². The van der Waals surface area contributed by atoms with E-state index < -0.39 is 0 Å². The van der Waals surface area contributed by atoms with E-state index in [-0.39, 0.29) is 5.91 Å². The third kappa shape index (κ3) is 4.68. The minimum Gasteiger partial charge on any atom is -0.487 e. The van der Waals surface area contributed by atoms with Crippen molar-refractivity contribution in [2.45, 2.75) is 32.8 Å². The molecule has 1 aromatic heterocycles. The molecule has 1 fully saturated rings. The van der Waals surface area contributed by atoms with Crippen LogP contribution < -0.4 is 4.74 Å². The highest BCUT2D eigenvalue weighted by molar-refractivity contribution is 7.09. The van der Waals surface area contributed by atoms with Gasteiger partial charge in [0.05, 0.1) is 10.7 Å². The van der Waals surface area contributed by atoms with E-state index in [4.69, 9.17) is 4.74 Å². The topological polar surface area (TPSA) is 42.4 Å². The Balaban J connectivity index is 1.58. The number of aromatic nitrogens is 1. The quantitative estimate of drug-likeness (QED) is 0.770. The van der Waals surface area contributed by atoms with Gasteiger partial charge in [0, 0.05) is 24.5 Å². The van der Waals surface area contributed by atoms with Crippen LogP contribution in [0, 0.1) is 6.92 Å². The third-order valence-corrected chi connectivity index (χ3v) is 4.82. The van der Waals surface area contributed by atoms with Gasteiger partial charge in [-0.15, -0.1) is 11.3 Å². The van der Waals surface area contributed by atoms with Crippen molar-refractivity contribution in [2.75, 3.05) is 13.1 Å². The molecule has 0 spiro atoms. The molecule has 2 aromatic rings. The molecule has 2 heterocycles. The first-order chi connectivity index (χ1) is 11.7. The Morgan fingerprint density at radius 2 is 2.17 bits per heavy atom. The summed E-state index contributed by atoms with van der Waals surface area (Å²) in [5, 5.41) is 3.05. The molecular formula is C19H22N2O2S. The number of aryl methyl sites for hydroxylation is 1. The summed E-state index contributed by atoms with van der Waals surface area (Å²) in [4.78, 5) is 18.5. The van der Waals surface area contributed by atoms with Crippen LogP contribution in [0.4, 0.5) is 0 Å². The number of benzene rings is 1. The van der Waals surface area contributed by atoms with Crippen molar-refractivity contribution in [3.8, 4) is 5.75 Å². The predicted octanol–water partition coefficient (Wildman–Crippen LogP) is 4.06. The van der Waals surface area contributed by atoms with Gasteiger partial charge >= 0.3 is 0 Å². The van der Waals surface area contributed by atoms with E-state index in [0.29, 0.717) is 6.61 Å². The summed E-state index contributed by atoms with van der Waals surface area (Å²) in [6, 6.07) is 7.77. The molecule has 0 N–H and O–H groups in total. The molecule has 0 radical (unpaired) electrons. The van der Waals surface area contributed by atoms with E-state index in [1.165, 1.54) is 6.42 Å². The Morgan fingerprint density at radius 1 is 1.33 bits per heavy atom. The molecule has 1 aliphatic heterocycles. The van der Waals surface area contributed by atoms with Crippen LogP contribution in [0.25, 0.3) is 6.08 Å². The lowest BCUT2D eigenvalue weighted by Crippen LogP contribution is -2.34. The fourth-order valence-corrected chi connectivity index (χ4v) is 3.32. The van der Waals surface area contributed by atoms with Crippen LogP contribution in [0.3, 0.4) is 0 Å². The van der Waals surface area contributed by atoms with Crippen molar-refractivity contribution >= 4 is 23.3 Å². The number of amides is 1. The number of nitrogens with zero attached hydrogens (tertiary/aromatic N) is 2. The van der Waals surface area contributed by atoms with Gasteiger partial charge in [-0.2, -0.15) is 0 Å². The molecule has 126 valence electrons. The largest absolute Gasteiger partial charge is 0.487 e. The Bertz CT molecular complexity index is 718. The van der Waals surface area contributed by atoms with Crippen molar-refractivity contribution < 1.29 is 9.53 Å². The second-order valence-electron chi connectivity index (χ2n) is 5.94. The van der Waals surface area contributed by atoms with Gasteiger partial charge in [0.1, 0.15) is 12.4 Å². The van der Waals surface area contributed by atoms with E-state index in [1.54, 1.807) is 17.4 Å². The van der Waals surface area contributed by atoms with E-state index in [1.807, 2.05) is 47.5 Å². The first-order valence-electron chi connectivity index (χ1n) is 8.31. The zero-order valence-electron chi connectivity index (χ0n) is 13.9. The van der Waals surface area contributed by atoms with Crippen molar-refractivity contribution in [2.24, 2.45) is 0 Å². The molecule has 24 heavy (non-hydrogen) atoms. The molecule has 0 aliphatic carbocycles. The molecule has 1 amide bonds. The molecule has 3 rings (SSSR count). The highest BCUT2D eigenvalue weighted by Crippen LogP contribution is 2.17. The number of thiazole rings is 1. The van der Waals surface area contributed by atoms with Gasteiger partial charge in [0.2, 0.25) is 5.91 Å². The summed E-state index contributed by atoms with van der Waals surface area (Å²) in [5.41, 5.74) is 1.91. The molecule has 1 aliphatic rings. The maximum absolute atomic E-state index is 12.2. The maximum Gasteiger partial charge on any atom is 0.246 e. The number of hydrogen-bond donors (Lipinski definition) is 0. The fourth-order valence-electron chi connectivity index (χ4n) is 2.73. The smallest absolute Gasteiger partial charge is 0.246 e. The molecule has 1 saturated heterocycles. The molecule has 5 heteroatoms. The summed E-state index contributed by atoms with van der Waals surface area (Å²) in [7, 11) is 0. The summed E-state index contributed by atoms with van der Waals surface area (Å²) in [5.74, 6) is 0.882. The van der Waals surface area contributed by atoms with Gasteiger partial charge in [-0.25, -0.2) is 4.98 Å². The summed E-state index contributed by atoms with van der Waals surface area (Å²) in [6.45, 7) is 4.20. The molecule has 0 atom stereocenters. The van der Waals surface area contributed by atoms with E-state index in [0.717, 1.165) is 47.9 Å². The lowest BCUT2D eigenvalue weighted by atomic mass is 10.1. The zero-order valence-corrected chi connectivity index (χ0v) is 14.7. The van der Waals surface area contributed by atoms with E-state index in [2.05, 4.69) is 4.98 Å². The van der Waals surface area contributed by atoms with Crippen molar-refractivity contribution in [3.05, 3.63) is 52.0 Å². The predicted molar refractivity (Wildman–Crippen MR) is 97.1 cm³/mol. The number of carbonyl (C=O) groups excluding carboxylic acids is 1. The van der Waals surface area contributed by atoms with Crippen LogP contribution in [0.1, 0.15) is 35.5 Å². The number of ether oxygens (including phenoxy) is 1. The SMILES string of the molecule is Cc1nc(COc2cccc(/C=C/C(=O)N3CCCCC3)c2)cs1. The second kappa shape index (κ2) is 8.11. The average Bonchev–Trinajstić information content (AvgIpc) is 3.04. The second-order valence-corrected chi connectivity index (χ2v) is 7.00. The van der Waals surface area contributed by atoms with Crippen molar-refractivity contribution in [1.29, 1.82) is 0 Å². The molecule has 0 saturated carbocycles. The van der Waals surface area contributed by atoms with Crippen LogP contribution in [0.2, 0.25) is 0 Å².